The van der Waals surface area contributed by atoms with Crippen molar-refractivity contribution in [2.75, 3.05) is 32.8 Å². The second kappa shape index (κ2) is 9.75. The lowest BCUT2D eigenvalue weighted by Crippen LogP contribution is -2.43. The van der Waals surface area contributed by atoms with Gasteiger partial charge in [-0.25, -0.2) is 9.78 Å². The normalized spacial score (nSPS) is 23.0. The van der Waals surface area contributed by atoms with E-state index >= 15 is 0 Å². The monoisotopic (exact) mass is 457 g/mol. The van der Waals surface area contributed by atoms with Crippen LogP contribution in [-0.4, -0.2) is 65.9 Å². The molecule has 0 bridgehead atoms. The third-order valence-corrected chi connectivity index (χ3v) is 6.08. The van der Waals surface area contributed by atoms with Gasteiger partial charge in [-0.15, -0.1) is 11.3 Å². The number of amides is 1. The quantitative estimate of drug-likeness (QED) is 0.718. The summed E-state index contributed by atoms with van der Waals surface area (Å²) >= 11 is 1.70. The molecule has 31 heavy (non-hydrogen) atoms. The molecule has 2 N–H and O–H groups in total. The number of carboxylic acid groups (broad SMARTS) is 1. The highest BCUT2D eigenvalue weighted by Crippen LogP contribution is 2.41. The molecule has 2 aromatic rings. The van der Waals surface area contributed by atoms with E-state index < -0.39 is 12.1 Å². The minimum absolute atomic E-state index is 0.00556. The number of alkyl halides is 3. The minimum atomic E-state index is -5.08. The van der Waals surface area contributed by atoms with Gasteiger partial charge in [-0.1, -0.05) is 18.2 Å². The zero-order valence-electron chi connectivity index (χ0n) is 16.5. The number of thiazole rings is 1. The summed E-state index contributed by atoms with van der Waals surface area (Å²) in [5, 5.41) is 13.4. The van der Waals surface area contributed by atoms with Gasteiger partial charge < -0.3 is 15.2 Å². The summed E-state index contributed by atoms with van der Waals surface area (Å²) in [4.78, 5) is 28.1. The summed E-state index contributed by atoms with van der Waals surface area (Å²) in [5.41, 5.74) is 0.740. The maximum absolute atomic E-state index is 12.4. The molecule has 0 spiro atoms. The molecule has 1 aromatic heterocycles. The highest BCUT2D eigenvalue weighted by Gasteiger charge is 2.50. The number of carbonyl (C=O) groups excluding carboxylic acids is 1. The van der Waals surface area contributed by atoms with Gasteiger partial charge in [0.1, 0.15) is 5.01 Å². The average molecular weight is 457 g/mol. The Labute approximate surface area is 180 Å². The number of fused-ring (bicyclic) bond motifs is 1. The van der Waals surface area contributed by atoms with Crippen LogP contribution >= 0.6 is 11.3 Å². The number of nitrogens with one attached hydrogen (secondary N) is 1. The standard InChI is InChI=1S/C18H21N3O2S.C2HF3O2/c22-17(14-4-2-1-3-5-14)20-11-18-12-21(8-15(18)10-23-13-18)9-16-19-6-7-24-16;3-2(4,5)1(6)7/h1-7,15H,8-13H2,(H,20,22);(H,6,7)/t15-,18+;/m1./s1. The summed E-state index contributed by atoms with van der Waals surface area (Å²) in [5.74, 6) is -2.28. The zero-order chi connectivity index (χ0) is 22.5. The predicted octanol–water partition coefficient (Wildman–Crippen LogP) is 2.65. The fourth-order valence-electron chi connectivity index (χ4n) is 3.78. The molecule has 11 heteroatoms. The van der Waals surface area contributed by atoms with E-state index in [-0.39, 0.29) is 11.3 Å². The first kappa shape index (κ1) is 23.2. The maximum atomic E-state index is 12.4. The number of ether oxygens (including phenoxy) is 1. The van der Waals surface area contributed by atoms with Crippen molar-refractivity contribution in [3.63, 3.8) is 0 Å². The van der Waals surface area contributed by atoms with Crippen molar-refractivity contribution in [3.05, 3.63) is 52.5 Å². The van der Waals surface area contributed by atoms with Crippen molar-refractivity contribution in [2.45, 2.75) is 12.7 Å². The predicted molar refractivity (Wildman–Crippen MR) is 107 cm³/mol. The highest BCUT2D eigenvalue weighted by atomic mass is 32.1. The molecule has 7 nitrogen and oxygen atoms in total. The summed E-state index contributed by atoms with van der Waals surface area (Å²) in [6, 6.07) is 9.39. The van der Waals surface area contributed by atoms with Gasteiger partial charge in [0, 0.05) is 48.1 Å². The van der Waals surface area contributed by atoms with E-state index in [9.17, 15) is 18.0 Å². The van der Waals surface area contributed by atoms with Gasteiger partial charge in [-0.3, -0.25) is 9.69 Å². The molecule has 0 unspecified atom stereocenters. The lowest BCUT2D eigenvalue weighted by Gasteiger charge is -2.27. The van der Waals surface area contributed by atoms with Crippen LogP contribution < -0.4 is 5.32 Å². The molecule has 4 rings (SSSR count). The molecule has 2 aliphatic rings. The number of carbonyl (C=O) groups is 2. The van der Waals surface area contributed by atoms with Gasteiger partial charge in [0.15, 0.2) is 0 Å². The minimum Gasteiger partial charge on any atom is -0.475 e. The molecule has 1 amide bonds. The average Bonchev–Trinajstić information content (AvgIpc) is 3.43. The number of halogens is 3. The van der Waals surface area contributed by atoms with E-state index in [1.807, 2.05) is 41.9 Å². The molecule has 3 heterocycles. The zero-order valence-corrected chi connectivity index (χ0v) is 17.3. The SMILES string of the molecule is O=C(NC[C@]12COC[C@H]1CN(Cc1nccs1)C2)c1ccccc1.O=C(O)C(F)(F)F. The molecular formula is C20H22F3N3O4S. The van der Waals surface area contributed by atoms with E-state index in [2.05, 4.69) is 15.2 Å². The van der Waals surface area contributed by atoms with E-state index in [0.29, 0.717) is 18.0 Å². The van der Waals surface area contributed by atoms with E-state index in [0.717, 1.165) is 37.9 Å². The summed E-state index contributed by atoms with van der Waals surface area (Å²) in [6.07, 6.45) is -3.23. The Balaban J connectivity index is 0.000000339. The fraction of sp³-hybridized carbons (Fsp3) is 0.450. The first-order valence-electron chi connectivity index (χ1n) is 9.51. The van der Waals surface area contributed by atoms with Gasteiger partial charge in [0.05, 0.1) is 19.8 Å². The van der Waals surface area contributed by atoms with E-state index in [1.54, 1.807) is 11.3 Å². The van der Waals surface area contributed by atoms with E-state index in [1.165, 1.54) is 0 Å². The van der Waals surface area contributed by atoms with E-state index in [4.69, 9.17) is 14.6 Å². The van der Waals surface area contributed by atoms with Crippen molar-refractivity contribution >= 4 is 23.2 Å². The smallest absolute Gasteiger partial charge is 0.475 e. The first-order valence-corrected chi connectivity index (χ1v) is 10.4. The van der Waals surface area contributed by atoms with Gasteiger partial charge in [-0.2, -0.15) is 13.2 Å². The summed E-state index contributed by atoms with van der Waals surface area (Å²) in [6.45, 7) is 5.03. The highest BCUT2D eigenvalue weighted by molar-refractivity contribution is 7.09. The largest absolute Gasteiger partial charge is 0.490 e. The van der Waals surface area contributed by atoms with Crippen LogP contribution in [0.2, 0.25) is 0 Å². The second-order valence-electron chi connectivity index (χ2n) is 7.52. The Hall–Kier alpha value is -2.50. The first-order chi connectivity index (χ1) is 14.7. The molecule has 2 atom stereocenters. The molecule has 1 aromatic carbocycles. The number of aliphatic carboxylic acids is 1. The number of benzene rings is 1. The van der Waals surface area contributed by atoms with Crippen molar-refractivity contribution in [1.29, 1.82) is 0 Å². The Kier molecular flexibility index (Phi) is 7.29. The molecule has 0 radical (unpaired) electrons. The molecule has 0 saturated carbocycles. The topological polar surface area (TPSA) is 91.8 Å². The third kappa shape index (κ3) is 6.02. The van der Waals surface area contributed by atoms with Crippen molar-refractivity contribution < 1.29 is 32.6 Å². The molecule has 2 saturated heterocycles. The Bertz CT molecular complexity index is 880. The van der Waals surface area contributed by atoms with Gasteiger partial charge in [0.25, 0.3) is 5.91 Å². The summed E-state index contributed by atoms with van der Waals surface area (Å²) < 4.78 is 37.5. The number of hydrogen-bond acceptors (Lipinski definition) is 6. The maximum Gasteiger partial charge on any atom is 0.490 e. The van der Waals surface area contributed by atoms with Crippen LogP contribution in [-0.2, 0) is 16.1 Å². The van der Waals surface area contributed by atoms with Crippen LogP contribution in [0, 0.1) is 11.3 Å². The van der Waals surface area contributed by atoms with Gasteiger partial charge in [0.2, 0.25) is 0 Å². The number of hydrogen-bond donors (Lipinski definition) is 2. The lowest BCUT2D eigenvalue weighted by molar-refractivity contribution is -0.192. The Morgan fingerprint density at radius 1 is 1.32 bits per heavy atom. The molecule has 168 valence electrons. The van der Waals surface area contributed by atoms with Crippen molar-refractivity contribution in [1.82, 2.24) is 15.2 Å². The van der Waals surface area contributed by atoms with Gasteiger partial charge >= 0.3 is 12.1 Å². The van der Waals surface area contributed by atoms with Crippen LogP contribution in [0.3, 0.4) is 0 Å². The number of carboxylic acids is 1. The van der Waals surface area contributed by atoms with Gasteiger partial charge in [-0.05, 0) is 12.1 Å². The Morgan fingerprint density at radius 2 is 2.03 bits per heavy atom. The van der Waals surface area contributed by atoms with Crippen LogP contribution in [0.25, 0.3) is 0 Å². The number of likely N-dealkylation sites (tertiary alicyclic amines) is 1. The number of nitrogens with zero attached hydrogens (tertiary/aromatic N) is 2. The molecule has 0 aliphatic carbocycles. The Morgan fingerprint density at radius 3 is 2.65 bits per heavy atom. The molecule has 2 aliphatic heterocycles. The van der Waals surface area contributed by atoms with Crippen LogP contribution in [0.4, 0.5) is 13.2 Å². The lowest BCUT2D eigenvalue weighted by atomic mass is 9.81. The fourth-order valence-corrected chi connectivity index (χ4v) is 4.44. The third-order valence-electron chi connectivity index (χ3n) is 5.31. The van der Waals surface area contributed by atoms with Crippen molar-refractivity contribution in [2.24, 2.45) is 11.3 Å². The van der Waals surface area contributed by atoms with Crippen molar-refractivity contribution in [3.8, 4) is 0 Å². The number of aromatic nitrogens is 1. The summed E-state index contributed by atoms with van der Waals surface area (Å²) in [7, 11) is 0. The molecular weight excluding hydrogens is 435 g/mol. The van der Waals surface area contributed by atoms with Crippen LogP contribution in [0.15, 0.2) is 41.9 Å². The second-order valence-corrected chi connectivity index (χ2v) is 8.50. The van der Waals surface area contributed by atoms with Crippen LogP contribution in [0.5, 0.6) is 0 Å². The number of rotatable bonds is 5. The molecule has 2 fully saturated rings. The van der Waals surface area contributed by atoms with Crippen LogP contribution in [0.1, 0.15) is 15.4 Å².